The lowest BCUT2D eigenvalue weighted by Gasteiger charge is -2.19. The van der Waals surface area contributed by atoms with Crippen molar-refractivity contribution in [2.24, 2.45) is 0 Å². The summed E-state index contributed by atoms with van der Waals surface area (Å²) >= 11 is 1.66. The van der Waals surface area contributed by atoms with Crippen molar-refractivity contribution in [1.82, 2.24) is 10.3 Å². The molecule has 0 spiro atoms. The first-order valence-electron chi connectivity index (χ1n) is 6.93. The van der Waals surface area contributed by atoms with E-state index in [0.717, 1.165) is 16.9 Å². The quantitative estimate of drug-likeness (QED) is 0.860. The molecule has 0 bridgehead atoms. The highest BCUT2D eigenvalue weighted by Gasteiger charge is 2.15. The van der Waals surface area contributed by atoms with E-state index >= 15 is 0 Å². The predicted molar refractivity (Wildman–Crippen MR) is 87.5 cm³/mol. The normalized spacial score (nSPS) is 12.0. The van der Waals surface area contributed by atoms with E-state index in [2.05, 4.69) is 16.4 Å². The minimum absolute atomic E-state index is 0.379. The van der Waals surface area contributed by atoms with Crippen LogP contribution in [0.25, 0.3) is 16.3 Å². The lowest BCUT2D eigenvalue weighted by molar-refractivity contribution is 0.0529. The Bertz CT molecular complexity index is 608. The molecule has 0 aliphatic carbocycles. The number of nitrogens with one attached hydrogen (secondary N) is 1. The van der Waals surface area contributed by atoms with E-state index in [4.69, 9.17) is 4.74 Å². The van der Waals surface area contributed by atoms with Gasteiger partial charge in [0, 0.05) is 6.54 Å². The molecule has 4 nitrogen and oxygen atoms in total. The highest BCUT2D eigenvalue weighted by Crippen LogP contribution is 2.22. The van der Waals surface area contributed by atoms with Crippen LogP contribution in [0, 0.1) is 0 Å². The van der Waals surface area contributed by atoms with Crippen LogP contribution in [0.5, 0.6) is 0 Å². The van der Waals surface area contributed by atoms with Crippen LogP contribution in [0.1, 0.15) is 32.2 Å². The van der Waals surface area contributed by atoms with E-state index in [-0.39, 0.29) is 6.09 Å². The van der Waals surface area contributed by atoms with Gasteiger partial charge in [-0.05, 0) is 45.4 Å². The Morgan fingerprint density at radius 1 is 1.38 bits per heavy atom. The number of carbonyl (C=O) groups is 1. The van der Waals surface area contributed by atoms with Gasteiger partial charge in [-0.1, -0.05) is 18.2 Å². The van der Waals surface area contributed by atoms with E-state index in [1.165, 1.54) is 4.70 Å². The molecule has 2 rings (SSSR count). The van der Waals surface area contributed by atoms with Gasteiger partial charge in [-0.3, -0.25) is 0 Å². The predicted octanol–water partition coefficient (Wildman–Crippen LogP) is 4.22. The van der Waals surface area contributed by atoms with E-state index in [9.17, 15) is 4.79 Å². The second-order valence-corrected chi connectivity index (χ2v) is 6.70. The van der Waals surface area contributed by atoms with Crippen molar-refractivity contribution in [2.45, 2.75) is 32.8 Å². The average molecular weight is 304 g/mol. The number of alkyl carbamates (subject to hydrolysis) is 1. The number of hydrogen-bond acceptors (Lipinski definition) is 4. The van der Waals surface area contributed by atoms with Crippen LogP contribution < -0.4 is 5.32 Å². The number of nitrogens with zero attached hydrogens (tertiary/aromatic N) is 1. The van der Waals surface area contributed by atoms with Crippen LogP contribution in [0.4, 0.5) is 4.79 Å². The lowest BCUT2D eigenvalue weighted by atomic mass is 10.2. The van der Waals surface area contributed by atoms with Crippen molar-refractivity contribution >= 4 is 33.7 Å². The Morgan fingerprint density at radius 3 is 2.86 bits per heavy atom. The average Bonchev–Trinajstić information content (AvgIpc) is 2.78. The number of fused-ring (bicyclic) bond motifs is 1. The number of amides is 1. The van der Waals surface area contributed by atoms with Crippen molar-refractivity contribution in [1.29, 1.82) is 0 Å². The Hall–Kier alpha value is -1.88. The van der Waals surface area contributed by atoms with Crippen LogP contribution in [-0.2, 0) is 4.74 Å². The maximum Gasteiger partial charge on any atom is 0.407 e. The molecule has 1 aromatic heterocycles. The van der Waals surface area contributed by atoms with Gasteiger partial charge in [-0.25, -0.2) is 9.78 Å². The van der Waals surface area contributed by atoms with E-state index < -0.39 is 5.60 Å². The van der Waals surface area contributed by atoms with Crippen molar-refractivity contribution < 1.29 is 9.53 Å². The topological polar surface area (TPSA) is 51.2 Å². The first-order valence-corrected chi connectivity index (χ1v) is 7.75. The number of thiazole rings is 1. The van der Waals surface area contributed by atoms with Gasteiger partial charge in [0.1, 0.15) is 10.6 Å². The minimum Gasteiger partial charge on any atom is -0.444 e. The number of benzene rings is 1. The molecule has 0 radical (unpaired) electrons. The largest absolute Gasteiger partial charge is 0.444 e. The summed E-state index contributed by atoms with van der Waals surface area (Å²) in [5.41, 5.74) is 0.565. The lowest BCUT2D eigenvalue weighted by Crippen LogP contribution is -2.32. The summed E-state index contributed by atoms with van der Waals surface area (Å²) in [7, 11) is 0. The number of aromatic nitrogens is 1. The molecule has 0 saturated heterocycles. The van der Waals surface area contributed by atoms with Gasteiger partial charge in [0.25, 0.3) is 0 Å². The van der Waals surface area contributed by atoms with Gasteiger partial charge in [0.15, 0.2) is 0 Å². The molecule has 1 N–H and O–H groups in total. The van der Waals surface area contributed by atoms with Crippen LogP contribution in [0.2, 0.25) is 0 Å². The van der Waals surface area contributed by atoms with Crippen LogP contribution in [-0.4, -0.2) is 23.2 Å². The first-order chi connectivity index (χ1) is 9.94. The number of carbonyl (C=O) groups excluding carboxylic acids is 1. The Balaban J connectivity index is 1.77. The summed E-state index contributed by atoms with van der Waals surface area (Å²) in [6.45, 7) is 6.09. The van der Waals surface area contributed by atoms with Gasteiger partial charge in [0.05, 0.1) is 10.2 Å². The Kier molecular flexibility index (Phi) is 4.96. The van der Waals surface area contributed by atoms with Gasteiger partial charge < -0.3 is 10.1 Å². The number of para-hydroxylation sites is 1. The zero-order valence-electron chi connectivity index (χ0n) is 12.6. The van der Waals surface area contributed by atoms with E-state index in [1.807, 2.05) is 51.1 Å². The maximum absolute atomic E-state index is 11.4. The minimum atomic E-state index is -0.457. The summed E-state index contributed by atoms with van der Waals surface area (Å²) < 4.78 is 6.34. The second-order valence-electron chi connectivity index (χ2n) is 5.64. The molecule has 5 heteroatoms. The highest BCUT2D eigenvalue weighted by atomic mass is 32.1. The maximum atomic E-state index is 11.4. The molecule has 0 unspecified atom stereocenters. The standard InChI is InChI=1S/C16H20N2O2S/c1-16(2,3)20-15(19)17-11-7-6-10-14-18-12-8-4-5-9-13(12)21-14/h4-6,8-10H,7,11H2,1-3H3,(H,17,19). The summed E-state index contributed by atoms with van der Waals surface area (Å²) in [6, 6.07) is 8.07. The third-order valence-electron chi connectivity index (χ3n) is 2.55. The zero-order chi connectivity index (χ0) is 15.3. The number of ether oxygens (including phenoxy) is 1. The molecule has 2 aromatic rings. The van der Waals surface area contributed by atoms with Gasteiger partial charge >= 0.3 is 6.09 Å². The van der Waals surface area contributed by atoms with Crippen LogP contribution in [0.3, 0.4) is 0 Å². The van der Waals surface area contributed by atoms with Crippen molar-refractivity contribution in [3.8, 4) is 0 Å². The fourth-order valence-corrected chi connectivity index (χ4v) is 2.62. The fraction of sp³-hybridized carbons (Fsp3) is 0.375. The summed E-state index contributed by atoms with van der Waals surface area (Å²) in [5, 5.41) is 3.70. The highest BCUT2D eigenvalue weighted by molar-refractivity contribution is 7.19. The second kappa shape index (κ2) is 6.72. The molecule has 1 aromatic carbocycles. The smallest absolute Gasteiger partial charge is 0.407 e. The van der Waals surface area contributed by atoms with Crippen molar-refractivity contribution in [2.75, 3.05) is 6.54 Å². The molecular weight excluding hydrogens is 284 g/mol. The summed E-state index contributed by atoms with van der Waals surface area (Å²) in [6.07, 6.45) is 4.36. The SMILES string of the molecule is CC(C)(C)OC(=O)NCCC=Cc1nc2ccccc2s1. The van der Waals surface area contributed by atoms with E-state index in [0.29, 0.717) is 6.54 Å². The van der Waals surface area contributed by atoms with Gasteiger partial charge in [0.2, 0.25) is 0 Å². The van der Waals surface area contributed by atoms with Crippen LogP contribution in [0.15, 0.2) is 30.3 Å². The fourth-order valence-electron chi connectivity index (χ4n) is 1.72. The Morgan fingerprint density at radius 2 is 2.14 bits per heavy atom. The van der Waals surface area contributed by atoms with Crippen molar-refractivity contribution in [3.63, 3.8) is 0 Å². The van der Waals surface area contributed by atoms with Crippen LogP contribution >= 0.6 is 11.3 Å². The van der Waals surface area contributed by atoms with Gasteiger partial charge in [-0.2, -0.15) is 0 Å². The molecule has 0 atom stereocenters. The summed E-state index contributed by atoms with van der Waals surface area (Å²) in [4.78, 5) is 16.0. The molecule has 112 valence electrons. The van der Waals surface area contributed by atoms with Crippen molar-refractivity contribution in [3.05, 3.63) is 35.3 Å². The third-order valence-corrected chi connectivity index (χ3v) is 3.55. The monoisotopic (exact) mass is 304 g/mol. The molecule has 1 heterocycles. The van der Waals surface area contributed by atoms with Gasteiger partial charge in [-0.15, -0.1) is 11.3 Å². The molecule has 21 heavy (non-hydrogen) atoms. The summed E-state index contributed by atoms with van der Waals surface area (Å²) in [5.74, 6) is 0. The Labute approximate surface area is 128 Å². The zero-order valence-corrected chi connectivity index (χ0v) is 13.4. The molecule has 0 saturated carbocycles. The first kappa shape index (κ1) is 15.5. The van der Waals surface area contributed by atoms with E-state index in [1.54, 1.807) is 11.3 Å². The number of rotatable bonds is 4. The molecule has 0 aliphatic heterocycles. The number of hydrogen-bond donors (Lipinski definition) is 1. The molecule has 0 fully saturated rings. The molecule has 0 aliphatic rings. The molecular formula is C16H20N2O2S. The molecule has 1 amide bonds. The third kappa shape index (κ3) is 5.19.